The maximum Gasteiger partial charge on any atom is 0.407 e. The summed E-state index contributed by atoms with van der Waals surface area (Å²) in [7, 11) is 1.30. The summed E-state index contributed by atoms with van der Waals surface area (Å²) >= 11 is 6.06. The van der Waals surface area contributed by atoms with Gasteiger partial charge in [-0.15, -0.1) is 0 Å². The number of carbonyl (C=O) groups is 2. The first-order valence-electron chi connectivity index (χ1n) is 8.59. The van der Waals surface area contributed by atoms with Crippen molar-refractivity contribution in [1.82, 2.24) is 10.2 Å². The lowest BCUT2D eigenvalue weighted by atomic mass is 9.87. The van der Waals surface area contributed by atoms with Gasteiger partial charge in [0.2, 0.25) is 0 Å². The van der Waals surface area contributed by atoms with Crippen LogP contribution in [0.1, 0.15) is 30.1 Å². The minimum Gasteiger partial charge on any atom is -0.465 e. The molecule has 7 nitrogen and oxygen atoms in total. The first-order valence-corrected chi connectivity index (χ1v) is 8.97. The van der Waals surface area contributed by atoms with Gasteiger partial charge in [0.05, 0.1) is 19.8 Å². The lowest BCUT2D eigenvalue weighted by Crippen LogP contribution is -2.41. The molecular weight excluding hydrogens is 360 g/mol. The highest BCUT2D eigenvalue weighted by Gasteiger charge is 2.31. The van der Waals surface area contributed by atoms with E-state index >= 15 is 0 Å². The van der Waals surface area contributed by atoms with Crippen LogP contribution in [0.5, 0.6) is 0 Å². The van der Waals surface area contributed by atoms with Gasteiger partial charge >= 0.3 is 12.2 Å². The van der Waals surface area contributed by atoms with Crippen molar-refractivity contribution in [2.24, 2.45) is 5.92 Å². The first kappa shape index (κ1) is 20.3. The quantitative estimate of drug-likeness (QED) is 0.733. The van der Waals surface area contributed by atoms with Gasteiger partial charge in [-0.25, -0.2) is 9.59 Å². The zero-order chi connectivity index (χ0) is 19.1. The Kier molecular flexibility index (Phi) is 7.53. The van der Waals surface area contributed by atoms with Crippen molar-refractivity contribution >= 4 is 23.8 Å². The van der Waals surface area contributed by atoms with E-state index in [9.17, 15) is 14.7 Å². The molecule has 0 saturated carbocycles. The van der Waals surface area contributed by atoms with E-state index in [1.165, 1.54) is 12.0 Å². The predicted molar refractivity (Wildman–Crippen MR) is 97.6 cm³/mol. The molecular formula is C18H25ClN2O5. The van der Waals surface area contributed by atoms with Gasteiger partial charge in [0.25, 0.3) is 0 Å². The highest BCUT2D eigenvalue weighted by molar-refractivity contribution is 6.30. The number of methoxy groups -OCH3 is 1. The number of rotatable bonds is 6. The SMILES string of the molecule is COC(=O)NCCO[C@@H](c1ccc(Cl)cc1C)C1CCCN(C(=O)O)C1. The van der Waals surface area contributed by atoms with Gasteiger partial charge in [0.1, 0.15) is 0 Å². The Morgan fingerprint density at radius 2 is 2.23 bits per heavy atom. The van der Waals surface area contributed by atoms with Crippen molar-refractivity contribution in [3.05, 3.63) is 34.3 Å². The monoisotopic (exact) mass is 384 g/mol. The van der Waals surface area contributed by atoms with Crippen molar-refractivity contribution in [2.45, 2.75) is 25.9 Å². The fraction of sp³-hybridized carbons (Fsp3) is 0.556. The normalized spacial score (nSPS) is 18.3. The van der Waals surface area contributed by atoms with E-state index in [1.54, 1.807) is 0 Å². The van der Waals surface area contributed by atoms with E-state index in [0.29, 0.717) is 31.3 Å². The van der Waals surface area contributed by atoms with Crippen LogP contribution in [0.4, 0.5) is 9.59 Å². The van der Waals surface area contributed by atoms with Crippen LogP contribution in [-0.2, 0) is 9.47 Å². The number of amides is 2. The number of alkyl carbamates (subject to hydrolysis) is 1. The fourth-order valence-corrected chi connectivity index (χ4v) is 3.51. The third-order valence-electron chi connectivity index (χ3n) is 4.55. The number of carboxylic acid groups (broad SMARTS) is 1. The predicted octanol–water partition coefficient (Wildman–Crippen LogP) is 3.45. The minimum atomic E-state index is -0.909. The Hall–Kier alpha value is -1.99. The van der Waals surface area contributed by atoms with Gasteiger partial charge in [-0.2, -0.15) is 0 Å². The Morgan fingerprint density at radius 3 is 2.88 bits per heavy atom. The molecule has 1 aromatic carbocycles. The maximum absolute atomic E-state index is 11.3. The Morgan fingerprint density at radius 1 is 1.46 bits per heavy atom. The fourth-order valence-electron chi connectivity index (χ4n) is 3.28. The van der Waals surface area contributed by atoms with E-state index < -0.39 is 12.2 Å². The Labute approximate surface area is 158 Å². The first-order chi connectivity index (χ1) is 12.4. The van der Waals surface area contributed by atoms with Crippen molar-refractivity contribution in [3.8, 4) is 0 Å². The topological polar surface area (TPSA) is 88.1 Å². The van der Waals surface area contributed by atoms with E-state index in [4.69, 9.17) is 16.3 Å². The number of halogens is 1. The van der Waals surface area contributed by atoms with Gasteiger partial charge < -0.3 is 24.8 Å². The molecule has 8 heteroatoms. The number of nitrogens with zero attached hydrogens (tertiary/aromatic N) is 1. The summed E-state index contributed by atoms with van der Waals surface area (Å²) in [6.07, 6.45) is -0.0183. The Bertz CT molecular complexity index is 640. The highest BCUT2D eigenvalue weighted by Crippen LogP contribution is 2.35. The van der Waals surface area contributed by atoms with Crippen LogP contribution in [-0.4, -0.2) is 55.5 Å². The van der Waals surface area contributed by atoms with Crippen LogP contribution in [0.2, 0.25) is 5.02 Å². The second-order valence-corrected chi connectivity index (χ2v) is 6.78. The molecule has 1 aliphatic heterocycles. The zero-order valence-corrected chi connectivity index (χ0v) is 15.8. The molecule has 2 amide bonds. The summed E-state index contributed by atoms with van der Waals surface area (Å²) in [5, 5.41) is 12.5. The molecule has 0 bridgehead atoms. The average Bonchev–Trinajstić information content (AvgIpc) is 2.62. The van der Waals surface area contributed by atoms with E-state index in [-0.39, 0.29) is 12.0 Å². The molecule has 1 aromatic rings. The number of aryl methyl sites for hydroxylation is 1. The van der Waals surface area contributed by atoms with Crippen molar-refractivity contribution in [3.63, 3.8) is 0 Å². The number of hydrogen-bond acceptors (Lipinski definition) is 4. The van der Waals surface area contributed by atoms with Crippen LogP contribution in [0.25, 0.3) is 0 Å². The number of nitrogens with one attached hydrogen (secondary N) is 1. The van der Waals surface area contributed by atoms with Crippen LogP contribution in [0.15, 0.2) is 18.2 Å². The number of ether oxygens (including phenoxy) is 2. The second kappa shape index (κ2) is 9.64. The second-order valence-electron chi connectivity index (χ2n) is 6.34. The molecule has 0 aliphatic carbocycles. The molecule has 1 saturated heterocycles. The summed E-state index contributed by atoms with van der Waals surface area (Å²) in [6, 6.07) is 5.61. The molecule has 2 rings (SSSR count). The van der Waals surface area contributed by atoms with Crippen molar-refractivity contribution in [1.29, 1.82) is 0 Å². The third kappa shape index (κ3) is 5.51. The van der Waals surface area contributed by atoms with Crippen molar-refractivity contribution in [2.75, 3.05) is 33.4 Å². The highest BCUT2D eigenvalue weighted by atomic mass is 35.5. The van der Waals surface area contributed by atoms with Crippen LogP contribution >= 0.6 is 11.6 Å². The largest absolute Gasteiger partial charge is 0.465 e. The van der Waals surface area contributed by atoms with Gasteiger partial charge in [-0.1, -0.05) is 17.7 Å². The van der Waals surface area contributed by atoms with Gasteiger partial charge in [-0.05, 0) is 43.0 Å². The summed E-state index contributed by atoms with van der Waals surface area (Å²) in [4.78, 5) is 23.9. The number of piperidine rings is 1. The minimum absolute atomic E-state index is 0.0397. The smallest absolute Gasteiger partial charge is 0.407 e. The molecule has 2 N–H and O–H groups in total. The number of carbonyl (C=O) groups excluding carboxylic acids is 1. The maximum atomic E-state index is 11.3. The summed E-state index contributed by atoms with van der Waals surface area (Å²) < 4.78 is 10.6. The van der Waals surface area contributed by atoms with Crippen LogP contribution in [0, 0.1) is 12.8 Å². The molecule has 2 atom stereocenters. The molecule has 1 fully saturated rings. The lowest BCUT2D eigenvalue weighted by molar-refractivity contribution is -0.0120. The average molecular weight is 385 g/mol. The number of hydrogen-bond donors (Lipinski definition) is 2. The van der Waals surface area contributed by atoms with E-state index in [2.05, 4.69) is 10.1 Å². The zero-order valence-electron chi connectivity index (χ0n) is 15.0. The van der Waals surface area contributed by atoms with Crippen LogP contribution < -0.4 is 5.32 Å². The van der Waals surface area contributed by atoms with E-state index in [0.717, 1.165) is 24.0 Å². The Balaban J connectivity index is 2.12. The van der Waals surface area contributed by atoms with Gasteiger partial charge in [0, 0.05) is 30.6 Å². The van der Waals surface area contributed by atoms with Gasteiger partial charge in [0.15, 0.2) is 0 Å². The lowest BCUT2D eigenvalue weighted by Gasteiger charge is -2.36. The molecule has 0 spiro atoms. The standard InChI is InChI=1S/C18H25ClN2O5/c1-12-10-14(19)5-6-15(12)16(26-9-7-20-17(22)25-2)13-4-3-8-21(11-13)18(23)24/h5-6,10,13,16H,3-4,7-9,11H2,1-2H3,(H,20,22)(H,23,24)/t13?,16-/m1/s1. The van der Waals surface area contributed by atoms with Crippen molar-refractivity contribution < 1.29 is 24.2 Å². The van der Waals surface area contributed by atoms with E-state index in [1.807, 2.05) is 25.1 Å². The number of likely N-dealkylation sites (tertiary alicyclic amines) is 1. The van der Waals surface area contributed by atoms with Gasteiger partial charge in [-0.3, -0.25) is 0 Å². The summed E-state index contributed by atoms with van der Waals surface area (Å²) in [5.41, 5.74) is 1.99. The third-order valence-corrected chi connectivity index (χ3v) is 4.78. The molecule has 0 radical (unpaired) electrons. The molecule has 1 heterocycles. The summed E-state index contributed by atoms with van der Waals surface area (Å²) in [6.45, 7) is 3.53. The molecule has 1 unspecified atom stereocenters. The van der Waals surface area contributed by atoms with Crippen LogP contribution in [0.3, 0.4) is 0 Å². The number of benzene rings is 1. The molecule has 1 aliphatic rings. The summed E-state index contributed by atoms with van der Waals surface area (Å²) in [5.74, 6) is 0.0397. The molecule has 144 valence electrons. The molecule has 26 heavy (non-hydrogen) atoms. The molecule has 0 aromatic heterocycles.